The quantitative estimate of drug-likeness (QED) is 0.715. The van der Waals surface area contributed by atoms with Crippen LogP contribution in [0.4, 0.5) is 0 Å². The fourth-order valence-electron chi connectivity index (χ4n) is 3.35. The fourth-order valence-corrected chi connectivity index (χ4v) is 3.35. The van der Waals surface area contributed by atoms with E-state index in [4.69, 9.17) is 0 Å². The van der Waals surface area contributed by atoms with Gasteiger partial charge in [0.1, 0.15) is 5.56 Å². The van der Waals surface area contributed by atoms with Crippen LogP contribution in [0.2, 0.25) is 0 Å². The highest BCUT2D eigenvalue weighted by Gasteiger charge is 2.25. The van der Waals surface area contributed by atoms with Crippen LogP contribution in [0.3, 0.4) is 0 Å². The van der Waals surface area contributed by atoms with Crippen LogP contribution in [0.1, 0.15) is 35.3 Å². The van der Waals surface area contributed by atoms with Crippen molar-refractivity contribution in [1.29, 1.82) is 0 Å². The Hall–Kier alpha value is -2.96. The van der Waals surface area contributed by atoms with E-state index in [1.807, 2.05) is 6.07 Å². The highest BCUT2D eigenvalue weighted by atomic mass is 16.2. The summed E-state index contributed by atoms with van der Waals surface area (Å²) in [5.74, 6) is -0.219. The molecule has 3 aromatic heterocycles. The van der Waals surface area contributed by atoms with Gasteiger partial charge in [-0.1, -0.05) is 0 Å². The van der Waals surface area contributed by atoms with E-state index in [9.17, 15) is 9.59 Å². The molecule has 4 heterocycles. The van der Waals surface area contributed by atoms with Crippen LogP contribution in [0, 0.1) is 6.92 Å². The molecule has 7 heteroatoms. The average molecular weight is 337 g/mol. The number of aryl methyl sites for hydroxylation is 1. The van der Waals surface area contributed by atoms with Crippen LogP contribution >= 0.6 is 0 Å². The first-order chi connectivity index (χ1) is 12.2. The van der Waals surface area contributed by atoms with E-state index >= 15 is 0 Å². The number of hydrogen-bond acceptors (Lipinski definition) is 4. The Kier molecular flexibility index (Phi) is 3.83. The van der Waals surface area contributed by atoms with Gasteiger partial charge in [0, 0.05) is 31.5 Å². The van der Waals surface area contributed by atoms with Gasteiger partial charge in [-0.3, -0.25) is 19.3 Å². The standard InChI is InChI=1S/C18H19N5O2/c1-13-16(17(24)21-9-3-2-4-10-21)18(25)23-15(20-13)7-11-22(23)14-6-5-8-19-12-14/h5-8,11-12H,2-4,9-10H2,1H3. The van der Waals surface area contributed by atoms with Gasteiger partial charge in [-0.15, -0.1) is 0 Å². The monoisotopic (exact) mass is 337 g/mol. The number of carbonyl (C=O) groups excluding carboxylic acids is 1. The van der Waals surface area contributed by atoms with E-state index < -0.39 is 0 Å². The van der Waals surface area contributed by atoms with Crippen molar-refractivity contribution in [3.8, 4) is 5.69 Å². The molecular formula is C18H19N5O2. The molecule has 4 rings (SSSR count). The van der Waals surface area contributed by atoms with Gasteiger partial charge in [-0.25, -0.2) is 4.98 Å². The second-order valence-electron chi connectivity index (χ2n) is 6.27. The molecule has 0 aromatic carbocycles. The van der Waals surface area contributed by atoms with Crippen LogP contribution in [0.15, 0.2) is 41.6 Å². The molecule has 1 saturated heterocycles. The number of fused-ring (bicyclic) bond motifs is 1. The molecule has 0 saturated carbocycles. The van der Waals surface area contributed by atoms with E-state index in [-0.39, 0.29) is 17.0 Å². The number of nitrogens with zero attached hydrogens (tertiary/aromatic N) is 5. The predicted molar refractivity (Wildman–Crippen MR) is 93.1 cm³/mol. The van der Waals surface area contributed by atoms with Crippen molar-refractivity contribution < 1.29 is 4.79 Å². The topological polar surface area (TPSA) is 72.5 Å². The van der Waals surface area contributed by atoms with Gasteiger partial charge in [-0.05, 0) is 38.3 Å². The molecule has 25 heavy (non-hydrogen) atoms. The van der Waals surface area contributed by atoms with Gasteiger partial charge < -0.3 is 4.90 Å². The number of likely N-dealkylation sites (tertiary alicyclic amines) is 1. The molecule has 0 bridgehead atoms. The predicted octanol–water partition coefficient (Wildman–Crippen LogP) is 1.81. The number of aromatic nitrogens is 4. The third kappa shape index (κ3) is 2.61. The van der Waals surface area contributed by atoms with Gasteiger partial charge in [-0.2, -0.15) is 4.52 Å². The average Bonchev–Trinajstić information content (AvgIpc) is 3.07. The molecule has 0 atom stereocenters. The number of hydrogen-bond donors (Lipinski definition) is 0. The van der Waals surface area contributed by atoms with Crippen LogP contribution < -0.4 is 5.56 Å². The van der Waals surface area contributed by atoms with Gasteiger partial charge in [0.05, 0.1) is 17.6 Å². The molecule has 3 aromatic rings. The highest BCUT2D eigenvalue weighted by molar-refractivity contribution is 5.95. The number of rotatable bonds is 2. The van der Waals surface area contributed by atoms with Gasteiger partial charge in [0.25, 0.3) is 11.5 Å². The number of piperidine rings is 1. The summed E-state index contributed by atoms with van der Waals surface area (Å²) in [5, 5.41) is 0. The molecular weight excluding hydrogens is 318 g/mol. The van der Waals surface area contributed by atoms with E-state index in [1.54, 1.807) is 47.2 Å². The lowest BCUT2D eigenvalue weighted by atomic mass is 10.1. The number of pyridine rings is 1. The number of amides is 1. The first-order valence-corrected chi connectivity index (χ1v) is 8.47. The van der Waals surface area contributed by atoms with Gasteiger partial charge >= 0.3 is 0 Å². The largest absolute Gasteiger partial charge is 0.338 e. The molecule has 128 valence electrons. The minimum atomic E-state index is -0.341. The summed E-state index contributed by atoms with van der Waals surface area (Å²) >= 11 is 0. The highest BCUT2D eigenvalue weighted by Crippen LogP contribution is 2.15. The fraction of sp³-hybridized carbons (Fsp3) is 0.333. The molecule has 0 N–H and O–H groups in total. The van der Waals surface area contributed by atoms with E-state index in [0.29, 0.717) is 24.4 Å². The SMILES string of the molecule is Cc1nc2ccn(-c3cccnc3)n2c(=O)c1C(=O)N1CCCCC1. The number of carbonyl (C=O) groups is 1. The maximum absolute atomic E-state index is 13.1. The second kappa shape index (κ2) is 6.16. The van der Waals surface area contributed by atoms with Crippen LogP contribution in [0.5, 0.6) is 0 Å². The van der Waals surface area contributed by atoms with Crippen LogP contribution in [0.25, 0.3) is 11.3 Å². The van der Waals surface area contributed by atoms with E-state index in [2.05, 4.69) is 9.97 Å². The molecule has 7 nitrogen and oxygen atoms in total. The lowest BCUT2D eigenvalue weighted by molar-refractivity contribution is 0.0721. The van der Waals surface area contributed by atoms with Crippen molar-refractivity contribution in [3.05, 3.63) is 58.4 Å². The first-order valence-electron chi connectivity index (χ1n) is 8.47. The molecule has 0 aliphatic carbocycles. The van der Waals surface area contributed by atoms with Gasteiger partial charge in [0.15, 0.2) is 5.65 Å². The lowest BCUT2D eigenvalue weighted by Gasteiger charge is -2.26. The molecule has 1 amide bonds. The Morgan fingerprint density at radius 1 is 1.16 bits per heavy atom. The van der Waals surface area contributed by atoms with Crippen molar-refractivity contribution in [2.24, 2.45) is 0 Å². The van der Waals surface area contributed by atoms with Crippen LogP contribution in [-0.2, 0) is 0 Å². The van der Waals surface area contributed by atoms with Crippen molar-refractivity contribution in [2.75, 3.05) is 13.1 Å². The van der Waals surface area contributed by atoms with Crippen molar-refractivity contribution in [3.63, 3.8) is 0 Å². The Bertz CT molecular complexity index is 984. The zero-order valence-electron chi connectivity index (χ0n) is 14.1. The summed E-state index contributed by atoms with van der Waals surface area (Å²) in [4.78, 5) is 36.4. The summed E-state index contributed by atoms with van der Waals surface area (Å²) in [5.41, 5.74) is 1.54. The Morgan fingerprint density at radius 3 is 2.68 bits per heavy atom. The Morgan fingerprint density at radius 2 is 1.96 bits per heavy atom. The molecule has 1 aliphatic heterocycles. The summed E-state index contributed by atoms with van der Waals surface area (Å²) in [6, 6.07) is 5.41. The van der Waals surface area contributed by atoms with Crippen molar-refractivity contribution in [1.82, 2.24) is 24.1 Å². The smallest absolute Gasteiger partial charge is 0.286 e. The summed E-state index contributed by atoms with van der Waals surface area (Å²) in [6.07, 6.45) is 8.18. The third-order valence-electron chi connectivity index (χ3n) is 4.62. The molecule has 0 radical (unpaired) electrons. The zero-order chi connectivity index (χ0) is 17.4. The minimum Gasteiger partial charge on any atom is -0.338 e. The van der Waals surface area contributed by atoms with E-state index in [0.717, 1.165) is 24.9 Å². The van der Waals surface area contributed by atoms with Gasteiger partial charge in [0.2, 0.25) is 0 Å². The third-order valence-corrected chi connectivity index (χ3v) is 4.62. The van der Waals surface area contributed by atoms with Crippen LogP contribution in [-0.4, -0.2) is 43.1 Å². The first kappa shape index (κ1) is 15.6. The molecule has 0 spiro atoms. The summed E-state index contributed by atoms with van der Waals surface area (Å²) < 4.78 is 3.10. The normalized spacial score (nSPS) is 14.8. The Labute approximate surface area is 144 Å². The lowest BCUT2D eigenvalue weighted by Crippen LogP contribution is -2.40. The zero-order valence-corrected chi connectivity index (χ0v) is 14.1. The maximum Gasteiger partial charge on any atom is 0.286 e. The Balaban J connectivity index is 1.88. The second-order valence-corrected chi connectivity index (χ2v) is 6.27. The van der Waals surface area contributed by atoms with E-state index in [1.165, 1.54) is 4.52 Å². The summed E-state index contributed by atoms with van der Waals surface area (Å²) in [7, 11) is 0. The molecule has 0 unspecified atom stereocenters. The molecule has 1 fully saturated rings. The minimum absolute atomic E-state index is 0.156. The van der Waals surface area contributed by atoms with Crippen molar-refractivity contribution >= 4 is 11.6 Å². The maximum atomic E-state index is 13.1. The summed E-state index contributed by atoms with van der Waals surface area (Å²) in [6.45, 7) is 3.12. The molecule has 1 aliphatic rings. The van der Waals surface area contributed by atoms with Crippen molar-refractivity contribution in [2.45, 2.75) is 26.2 Å².